The molecule has 5 rings (SSSR count). The molecule has 2 amide bonds. The lowest BCUT2D eigenvalue weighted by atomic mass is 9.90. The minimum Gasteiger partial charge on any atom is -0.355 e. The van der Waals surface area contributed by atoms with Crippen LogP contribution in [0.15, 0.2) is 41.2 Å². The molecule has 2 N–H and O–H groups in total. The zero-order chi connectivity index (χ0) is 25.4. The predicted octanol–water partition coefficient (Wildman–Crippen LogP) is 2.40. The van der Waals surface area contributed by atoms with Gasteiger partial charge in [0, 0.05) is 43.2 Å². The van der Waals surface area contributed by atoms with E-state index >= 15 is 0 Å². The van der Waals surface area contributed by atoms with Gasteiger partial charge in [0.2, 0.25) is 5.91 Å². The van der Waals surface area contributed by atoms with Gasteiger partial charge in [-0.2, -0.15) is 0 Å². The van der Waals surface area contributed by atoms with Crippen molar-refractivity contribution in [3.05, 3.63) is 65.6 Å². The Labute approximate surface area is 204 Å². The van der Waals surface area contributed by atoms with E-state index in [1.807, 2.05) is 11.9 Å². The molecule has 3 aromatic rings. The fourth-order valence-corrected chi connectivity index (χ4v) is 4.48. The van der Waals surface area contributed by atoms with E-state index in [-0.39, 0.29) is 17.4 Å². The summed E-state index contributed by atoms with van der Waals surface area (Å²) in [5, 5.41) is 9.49. The summed E-state index contributed by atoms with van der Waals surface area (Å²) in [6, 6.07) is 3.29. The summed E-state index contributed by atoms with van der Waals surface area (Å²) in [5.74, 6) is -4.69. The Bertz CT molecular complexity index is 1270. The van der Waals surface area contributed by atoms with E-state index in [0.29, 0.717) is 37.5 Å². The molecule has 2 aromatic heterocycles. The topological polar surface area (TPSA) is 113 Å². The third-order valence-corrected chi connectivity index (χ3v) is 6.57. The first-order chi connectivity index (χ1) is 17.3. The second-order valence-electron chi connectivity index (χ2n) is 9.20. The number of carbonyl (C=O) groups excluding carboxylic acids is 2. The van der Waals surface area contributed by atoms with Gasteiger partial charge in [0.25, 0.3) is 5.91 Å². The van der Waals surface area contributed by atoms with E-state index in [4.69, 9.17) is 4.52 Å². The van der Waals surface area contributed by atoms with Crippen LogP contribution in [0.4, 0.5) is 13.2 Å². The number of benzene rings is 1. The van der Waals surface area contributed by atoms with Crippen molar-refractivity contribution >= 4 is 11.8 Å². The highest BCUT2D eigenvalue weighted by molar-refractivity contribution is 5.94. The van der Waals surface area contributed by atoms with Crippen LogP contribution in [0.5, 0.6) is 0 Å². The van der Waals surface area contributed by atoms with E-state index in [2.05, 4.69) is 25.8 Å². The van der Waals surface area contributed by atoms with E-state index < -0.39 is 46.4 Å². The van der Waals surface area contributed by atoms with Gasteiger partial charge < -0.3 is 20.1 Å². The van der Waals surface area contributed by atoms with Gasteiger partial charge in [-0.05, 0) is 38.9 Å². The minimum absolute atomic E-state index is 0.220. The van der Waals surface area contributed by atoms with Crippen LogP contribution < -0.4 is 10.6 Å². The van der Waals surface area contributed by atoms with Crippen molar-refractivity contribution in [1.29, 1.82) is 0 Å². The average Bonchev–Trinajstić information content (AvgIpc) is 3.46. The van der Waals surface area contributed by atoms with Gasteiger partial charge in [-0.15, -0.1) is 0 Å². The second kappa shape index (κ2) is 9.34. The highest BCUT2D eigenvalue weighted by Crippen LogP contribution is 2.44. The minimum atomic E-state index is -1.18. The number of halogens is 3. The summed E-state index contributed by atoms with van der Waals surface area (Å²) in [4.78, 5) is 36.8. The van der Waals surface area contributed by atoms with Crippen LogP contribution in [0.2, 0.25) is 0 Å². The second-order valence-corrected chi connectivity index (χ2v) is 9.20. The number of amides is 2. The third kappa shape index (κ3) is 4.68. The van der Waals surface area contributed by atoms with Gasteiger partial charge in [0.1, 0.15) is 17.5 Å². The molecule has 2 atom stereocenters. The SMILES string of the molecule is CN1CCC(NC(=O)c2cc(-c3c(F)cc(F)cc3F)on2)C(C(=O)NC2(c3ncccn3)CC2)C1. The highest BCUT2D eigenvalue weighted by atomic mass is 19.1. The fraction of sp³-hybridized carbons (Fsp3) is 0.375. The van der Waals surface area contributed by atoms with Crippen molar-refractivity contribution in [2.75, 3.05) is 20.1 Å². The zero-order valence-electron chi connectivity index (χ0n) is 19.3. The van der Waals surface area contributed by atoms with Gasteiger partial charge in [-0.25, -0.2) is 23.1 Å². The third-order valence-electron chi connectivity index (χ3n) is 6.57. The average molecular weight is 500 g/mol. The molecular weight excluding hydrogens is 477 g/mol. The van der Waals surface area contributed by atoms with Crippen LogP contribution in [-0.2, 0) is 10.3 Å². The van der Waals surface area contributed by atoms with Gasteiger partial charge in [0.05, 0.1) is 17.0 Å². The lowest BCUT2D eigenvalue weighted by molar-refractivity contribution is -0.128. The Morgan fingerprint density at radius 2 is 1.81 bits per heavy atom. The Morgan fingerprint density at radius 3 is 2.47 bits per heavy atom. The van der Waals surface area contributed by atoms with Crippen molar-refractivity contribution in [3.63, 3.8) is 0 Å². The van der Waals surface area contributed by atoms with Gasteiger partial charge in [0.15, 0.2) is 17.3 Å². The maximum atomic E-state index is 14.1. The number of aromatic nitrogens is 3. The lowest BCUT2D eigenvalue weighted by Gasteiger charge is -2.36. The van der Waals surface area contributed by atoms with Crippen LogP contribution >= 0.6 is 0 Å². The molecule has 1 aromatic carbocycles. The molecule has 1 aliphatic carbocycles. The van der Waals surface area contributed by atoms with Crippen molar-refractivity contribution in [1.82, 2.24) is 30.7 Å². The molecule has 2 fully saturated rings. The van der Waals surface area contributed by atoms with E-state index in [1.165, 1.54) is 0 Å². The van der Waals surface area contributed by atoms with Gasteiger partial charge in [-0.1, -0.05) is 5.16 Å². The number of piperidine rings is 1. The standard InChI is InChI=1S/C24H23F3N6O3/c1-33-8-3-17(14(12-33)21(34)31-24(4-5-24)23-28-6-2-7-29-23)30-22(35)18-11-19(36-32-18)20-15(26)9-13(25)10-16(20)27/h2,6-7,9-11,14,17H,3-5,8,12H2,1H3,(H,30,35)(H,31,34). The maximum Gasteiger partial charge on any atom is 0.273 e. The van der Waals surface area contributed by atoms with E-state index in [0.717, 1.165) is 18.9 Å². The van der Waals surface area contributed by atoms with Gasteiger partial charge >= 0.3 is 0 Å². The number of carbonyl (C=O) groups is 2. The molecule has 0 bridgehead atoms. The number of nitrogens with one attached hydrogen (secondary N) is 2. The number of rotatable bonds is 6. The Morgan fingerprint density at radius 1 is 1.11 bits per heavy atom. The number of likely N-dealkylation sites (tertiary alicyclic amines) is 1. The monoisotopic (exact) mass is 500 g/mol. The molecule has 36 heavy (non-hydrogen) atoms. The van der Waals surface area contributed by atoms with Crippen molar-refractivity contribution < 1.29 is 27.3 Å². The smallest absolute Gasteiger partial charge is 0.273 e. The summed E-state index contributed by atoms with van der Waals surface area (Å²) in [6.45, 7) is 1.07. The maximum absolute atomic E-state index is 14.1. The van der Waals surface area contributed by atoms with Crippen LogP contribution in [0.3, 0.4) is 0 Å². The Kier molecular flexibility index (Phi) is 6.20. The summed E-state index contributed by atoms with van der Waals surface area (Å²) in [7, 11) is 1.89. The normalized spacial score (nSPS) is 21.1. The summed E-state index contributed by atoms with van der Waals surface area (Å²) in [6.07, 6.45) is 5.20. The molecule has 1 saturated heterocycles. The molecular formula is C24H23F3N6O3. The highest BCUT2D eigenvalue weighted by Gasteiger charge is 2.50. The summed E-state index contributed by atoms with van der Waals surface area (Å²) in [5.41, 5.74) is -1.45. The molecule has 2 aliphatic rings. The first-order valence-corrected chi connectivity index (χ1v) is 11.5. The molecule has 1 aliphatic heterocycles. The summed E-state index contributed by atoms with van der Waals surface area (Å²) >= 11 is 0. The van der Waals surface area contributed by atoms with Crippen molar-refractivity contribution in [3.8, 4) is 11.3 Å². The van der Waals surface area contributed by atoms with Crippen LogP contribution in [-0.4, -0.2) is 58.0 Å². The fourth-order valence-electron chi connectivity index (χ4n) is 4.48. The molecule has 3 heterocycles. The first kappa shape index (κ1) is 23.9. The molecule has 2 unspecified atom stereocenters. The molecule has 188 valence electrons. The Balaban J connectivity index is 1.31. The lowest BCUT2D eigenvalue weighted by Crippen LogP contribution is -2.56. The Hall–Kier alpha value is -3.80. The number of nitrogens with zero attached hydrogens (tertiary/aromatic N) is 4. The van der Waals surface area contributed by atoms with Crippen molar-refractivity contribution in [2.45, 2.75) is 30.8 Å². The molecule has 1 saturated carbocycles. The predicted molar refractivity (Wildman–Crippen MR) is 120 cm³/mol. The molecule has 0 spiro atoms. The summed E-state index contributed by atoms with van der Waals surface area (Å²) < 4.78 is 46.4. The molecule has 12 heteroatoms. The van der Waals surface area contributed by atoms with Crippen molar-refractivity contribution in [2.24, 2.45) is 5.92 Å². The number of hydrogen-bond donors (Lipinski definition) is 2. The zero-order valence-corrected chi connectivity index (χ0v) is 19.3. The quantitative estimate of drug-likeness (QED) is 0.535. The molecule has 0 radical (unpaired) electrons. The number of hydrogen-bond acceptors (Lipinski definition) is 7. The van der Waals surface area contributed by atoms with Crippen LogP contribution in [0, 0.1) is 23.4 Å². The van der Waals surface area contributed by atoms with Gasteiger partial charge in [-0.3, -0.25) is 9.59 Å². The first-order valence-electron chi connectivity index (χ1n) is 11.5. The largest absolute Gasteiger partial charge is 0.355 e. The van der Waals surface area contributed by atoms with E-state index in [9.17, 15) is 22.8 Å². The van der Waals surface area contributed by atoms with Crippen LogP contribution in [0.25, 0.3) is 11.3 Å². The van der Waals surface area contributed by atoms with E-state index in [1.54, 1.807) is 18.5 Å². The van der Waals surface area contributed by atoms with Crippen LogP contribution in [0.1, 0.15) is 35.6 Å². The molecule has 9 nitrogen and oxygen atoms in total.